The molecule has 0 radical (unpaired) electrons. The van der Waals surface area contributed by atoms with Crippen LogP contribution in [0.1, 0.15) is 21.6 Å². The first kappa shape index (κ1) is 18.2. The zero-order valence-corrected chi connectivity index (χ0v) is 16.2. The molecule has 7 nitrogen and oxygen atoms in total. The second-order valence-electron chi connectivity index (χ2n) is 7.17. The topological polar surface area (TPSA) is 77.1 Å². The van der Waals surface area contributed by atoms with Crippen LogP contribution in [-0.2, 0) is 20.0 Å². The summed E-state index contributed by atoms with van der Waals surface area (Å²) in [4.78, 5) is 19.2. The molecule has 30 heavy (non-hydrogen) atoms. The molecule has 0 unspecified atom stereocenters. The molecule has 0 N–H and O–H groups in total. The fourth-order valence-electron chi connectivity index (χ4n) is 3.74. The molecule has 0 spiro atoms. The third kappa shape index (κ3) is 3.16. The van der Waals surface area contributed by atoms with Gasteiger partial charge in [0.05, 0.1) is 6.54 Å². The van der Waals surface area contributed by atoms with Crippen LogP contribution in [0.25, 0.3) is 23.0 Å². The molecule has 0 saturated carbocycles. The molecular formula is C22H18FN5O2. The molecular weight excluding hydrogens is 385 g/mol. The Balaban J connectivity index is 1.47. The highest BCUT2D eigenvalue weighted by Gasteiger charge is 2.30. The molecule has 2 aromatic heterocycles. The quantitative estimate of drug-likeness (QED) is 0.523. The largest absolute Gasteiger partial charge is 0.334 e. The molecule has 1 aliphatic rings. The smallest absolute Gasteiger partial charge is 0.279 e. The average Bonchev–Trinajstić information content (AvgIpc) is 3.39. The highest BCUT2D eigenvalue weighted by Crippen LogP contribution is 2.30. The normalized spacial score (nSPS) is 13.3. The summed E-state index contributed by atoms with van der Waals surface area (Å²) in [7, 11) is 1.87. The number of carbonyl (C=O) groups excluding carboxylic acids is 1. The Kier molecular flexibility index (Phi) is 4.39. The van der Waals surface area contributed by atoms with Crippen molar-refractivity contribution < 1.29 is 13.7 Å². The van der Waals surface area contributed by atoms with Crippen molar-refractivity contribution in [2.45, 2.75) is 13.0 Å². The van der Waals surface area contributed by atoms with E-state index in [-0.39, 0.29) is 17.6 Å². The number of amides is 1. The van der Waals surface area contributed by atoms with Crippen LogP contribution in [-0.4, -0.2) is 37.3 Å². The van der Waals surface area contributed by atoms with Gasteiger partial charge in [-0.05, 0) is 36.4 Å². The Morgan fingerprint density at radius 2 is 1.87 bits per heavy atom. The minimum Gasteiger partial charge on any atom is -0.334 e. The second kappa shape index (κ2) is 7.22. The van der Waals surface area contributed by atoms with Gasteiger partial charge < -0.3 is 9.42 Å². The number of benzene rings is 2. The predicted octanol–water partition coefficient (Wildman–Crippen LogP) is 3.47. The highest BCUT2D eigenvalue weighted by molar-refractivity contribution is 5.94. The lowest BCUT2D eigenvalue weighted by atomic mass is 10.0. The predicted molar refractivity (Wildman–Crippen MR) is 107 cm³/mol. The molecule has 4 aromatic rings. The summed E-state index contributed by atoms with van der Waals surface area (Å²) in [5, 5.41) is 8.59. The Bertz CT molecular complexity index is 1210. The lowest BCUT2D eigenvalue weighted by Crippen LogP contribution is -2.36. The van der Waals surface area contributed by atoms with Crippen LogP contribution in [0.5, 0.6) is 0 Å². The maximum atomic E-state index is 13.2. The van der Waals surface area contributed by atoms with Crippen molar-refractivity contribution in [1.82, 2.24) is 24.8 Å². The van der Waals surface area contributed by atoms with Gasteiger partial charge in [0.15, 0.2) is 5.69 Å². The van der Waals surface area contributed by atoms with E-state index in [1.807, 2.05) is 37.4 Å². The summed E-state index contributed by atoms with van der Waals surface area (Å²) >= 11 is 0. The number of hydrogen-bond donors (Lipinski definition) is 0. The summed E-state index contributed by atoms with van der Waals surface area (Å²) in [5.74, 6) is 0.288. The van der Waals surface area contributed by atoms with Gasteiger partial charge in [-0.25, -0.2) is 4.39 Å². The molecule has 0 bridgehead atoms. The van der Waals surface area contributed by atoms with Crippen molar-refractivity contribution in [3.8, 4) is 23.0 Å². The van der Waals surface area contributed by atoms with Gasteiger partial charge in [-0.15, -0.1) is 0 Å². The minimum absolute atomic E-state index is 0.0198. The average molecular weight is 403 g/mol. The number of nitrogens with zero attached hydrogens (tertiary/aromatic N) is 5. The van der Waals surface area contributed by atoms with Crippen LogP contribution >= 0.6 is 0 Å². The lowest BCUT2D eigenvalue weighted by Gasteiger charge is -2.27. The highest BCUT2D eigenvalue weighted by atomic mass is 19.1. The number of hydrogen-bond acceptors (Lipinski definition) is 5. The second-order valence-corrected chi connectivity index (χ2v) is 7.17. The van der Waals surface area contributed by atoms with Crippen LogP contribution < -0.4 is 0 Å². The number of rotatable bonds is 3. The van der Waals surface area contributed by atoms with Gasteiger partial charge in [0.25, 0.3) is 11.8 Å². The first-order chi connectivity index (χ1) is 14.6. The molecule has 0 saturated heterocycles. The van der Waals surface area contributed by atoms with Gasteiger partial charge in [0.2, 0.25) is 5.82 Å². The SMILES string of the molecule is Cn1nc(-c2nc(-c3ccc(F)cc3)no2)c2c1CCN(C(=O)c1ccccc1)C2. The summed E-state index contributed by atoms with van der Waals surface area (Å²) in [6, 6.07) is 15.1. The van der Waals surface area contributed by atoms with Crippen LogP contribution in [0.3, 0.4) is 0 Å². The van der Waals surface area contributed by atoms with Gasteiger partial charge in [-0.1, -0.05) is 23.4 Å². The number of fused-ring (bicyclic) bond motifs is 1. The molecule has 2 aromatic carbocycles. The summed E-state index contributed by atoms with van der Waals surface area (Å²) in [5.41, 5.74) is 3.82. The standard InChI is InChI=1S/C22H18FN5O2/c1-27-18-11-12-28(22(29)15-5-3-2-4-6-15)13-17(18)19(25-27)21-24-20(26-30-21)14-7-9-16(23)10-8-14/h2-10H,11-13H2,1H3. The Labute approximate surface area is 171 Å². The third-order valence-electron chi connectivity index (χ3n) is 5.28. The minimum atomic E-state index is -0.329. The molecule has 0 atom stereocenters. The monoisotopic (exact) mass is 403 g/mol. The van der Waals surface area contributed by atoms with Gasteiger partial charge in [0.1, 0.15) is 5.82 Å². The Morgan fingerprint density at radius 1 is 1.10 bits per heavy atom. The van der Waals surface area contributed by atoms with Gasteiger partial charge in [0, 0.05) is 42.4 Å². The summed E-state index contributed by atoms with van der Waals surface area (Å²) in [6.45, 7) is 1.03. The van der Waals surface area contributed by atoms with Gasteiger partial charge in [-0.3, -0.25) is 9.48 Å². The number of carbonyl (C=O) groups is 1. The van der Waals surface area contributed by atoms with Crippen LogP contribution in [0.4, 0.5) is 4.39 Å². The Hall–Kier alpha value is -3.81. The van der Waals surface area contributed by atoms with Crippen molar-refractivity contribution in [3.63, 3.8) is 0 Å². The molecule has 150 valence electrons. The van der Waals surface area contributed by atoms with Crippen molar-refractivity contribution in [1.29, 1.82) is 0 Å². The third-order valence-corrected chi connectivity index (χ3v) is 5.28. The fraction of sp³-hybridized carbons (Fsp3) is 0.182. The molecule has 1 aliphatic heterocycles. The van der Waals surface area contributed by atoms with E-state index >= 15 is 0 Å². The maximum Gasteiger partial charge on any atom is 0.279 e. The molecule has 0 aliphatic carbocycles. The van der Waals surface area contributed by atoms with E-state index in [9.17, 15) is 9.18 Å². The van der Waals surface area contributed by atoms with E-state index in [1.165, 1.54) is 12.1 Å². The van der Waals surface area contributed by atoms with E-state index in [0.29, 0.717) is 42.2 Å². The van der Waals surface area contributed by atoms with E-state index < -0.39 is 0 Å². The molecule has 3 heterocycles. The summed E-state index contributed by atoms with van der Waals surface area (Å²) in [6.07, 6.45) is 0.691. The number of halogens is 1. The number of aryl methyl sites for hydroxylation is 1. The fourth-order valence-corrected chi connectivity index (χ4v) is 3.74. The molecule has 8 heteroatoms. The van der Waals surface area contributed by atoms with E-state index in [1.54, 1.807) is 21.7 Å². The van der Waals surface area contributed by atoms with Crippen molar-refractivity contribution in [3.05, 3.63) is 77.2 Å². The zero-order valence-electron chi connectivity index (χ0n) is 16.2. The Morgan fingerprint density at radius 3 is 2.63 bits per heavy atom. The van der Waals surface area contributed by atoms with Crippen molar-refractivity contribution in [2.24, 2.45) is 7.05 Å². The lowest BCUT2D eigenvalue weighted by molar-refractivity contribution is 0.0733. The van der Waals surface area contributed by atoms with Gasteiger partial charge in [-0.2, -0.15) is 10.1 Å². The van der Waals surface area contributed by atoms with Crippen LogP contribution in [0.15, 0.2) is 59.1 Å². The van der Waals surface area contributed by atoms with E-state index in [0.717, 1.165) is 11.3 Å². The number of aromatic nitrogens is 4. The molecule has 5 rings (SSSR count). The van der Waals surface area contributed by atoms with Crippen LogP contribution in [0, 0.1) is 5.82 Å². The van der Waals surface area contributed by atoms with Gasteiger partial charge >= 0.3 is 0 Å². The van der Waals surface area contributed by atoms with Crippen molar-refractivity contribution in [2.75, 3.05) is 6.54 Å². The summed E-state index contributed by atoms with van der Waals surface area (Å²) < 4.78 is 20.4. The molecule has 0 fully saturated rings. The first-order valence-corrected chi connectivity index (χ1v) is 9.59. The van der Waals surface area contributed by atoms with Crippen LogP contribution in [0.2, 0.25) is 0 Å². The molecule has 1 amide bonds. The van der Waals surface area contributed by atoms with E-state index in [2.05, 4.69) is 15.2 Å². The zero-order chi connectivity index (χ0) is 20.7. The first-order valence-electron chi connectivity index (χ1n) is 9.59. The van der Waals surface area contributed by atoms with E-state index in [4.69, 9.17) is 4.52 Å². The van der Waals surface area contributed by atoms with Crippen molar-refractivity contribution >= 4 is 5.91 Å². The maximum absolute atomic E-state index is 13.2.